The number of rotatable bonds is 10. The van der Waals surface area contributed by atoms with Crippen LogP contribution in [-0.4, -0.2) is 53.0 Å². The van der Waals surface area contributed by atoms with E-state index in [4.69, 9.17) is 9.72 Å². The highest BCUT2D eigenvalue weighted by molar-refractivity contribution is 7.09. The van der Waals surface area contributed by atoms with Gasteiger partial charge >= 0.3 is 0 Å². The molecule has 7 heteroatoms. The minimum atomic E-state index is 0.107. The second-order valence-electron chi connectivity index (χ2n) is 9.32. The molecule has 6 nitrogen and oxygen atoms in total. The molecule has 0 bridgehead atoms. The number of aromatic nitrogens is 2. The number of piperazine rings is 1. The van der Waals surface area contributed by atoms with E-state index in [1.54, 1.807) is 7.11 Å². The zero-order chi connectivity index (χ0) is 24.6. The maximum atomic E-state index is 13.2. The van der Waals surface area contributed by atoms with Crippen molar-refractivity contribution in [1.82, 2.24) is 14.3 Å². The zero-order valence-corrected chi connectivity index (χ0v) is 21.9. The molecule has 0 saturated carbocycles. The summed E-state index contributed by atoms with van der Waals surface area (Å²) in [6, 6.07) is 16.3. The van der Waals surface area contributed by atoms with Gasteiger partial charge in [-0.3, -0.25) is 4.79 Å². The summed E-state index contributed by atoms with van der Waals surface area (Å²) in [4.78, 5) is 22.2. The Labute approximate surface area is 213 Å². The fourth-order valence-corrected chi connectivity index (χ4v) is 5.30. The van der Waals surface area contributed by atoms with Crippen LogP contribution in [0.5, 0.6) is 5.75 Å². The second-order valence-corrected chi connectivity index (χ2v) is 10.1. The van der Waals surface area contributed by atoms with Gasteiger partial charge in [0.25, 0.3) is 5.91 Å². The summed E-state index contributed by atoms with van der Waals surface area (Å²) >= 11 is 1.43. The summed E-state index contributed by atoms with van der Waals surface area (Å²) in [7, 11) is 1.68. The topological polar surface area (TPSA) is 58.6 Å². The molecule has 0 spiro atoms. The highest BCUT2D eigenvalue weighted by atomic mass is 32.1. The van der Waals surface area contributed by atoms with Gasteiger partial charge in [-0.2, -0.15) is 4.37 Å². The number of methoxy groups -OCH3 is 1. The maximum absolute atomic E-state index is 13.2. The molecule has 0 N–H and O–H groups in total. The minimum absolute atomic E-state index is 0.107. The molecular weight excluding hydrogens is 456 g/mol. The highest BCUT2D eigenvalue weighted by Gasteiger charge is 2.29. The van der Waals surface area contributed by atoms with E-state index >= 15 is 0 Å². The molecule has 1 saturated heterocycles. The average Bonchev–Trinajstić information content (AvgIpc) is 3.35. The zero-order valence-electron chi connectivity index (χ0n) is 21.1. The quantitative estimate of drug-likeness (QED) is 0.344. The lowest BCUT2D eigenvalue weighted by molar-refractivity contribution is 0.0674. The van der Waals surface area contributed by atoms with Crippen LogP contribution >= 0.6 is 11.5 Å². The first-order valence-corrected chi connectivity index (χ1v) is 13.4. The Morgan fingerprint density at radius 3 is 2.66 bits per heavy atom. The lowest BCUT2D eigenvalue weighted by Crippen LogP contribution is -2.54. The number of amides is 1. The Hall–Kier alpha value is -2.93. The predicted octanol–water partition coefficient (Wildman–Crippen LogP) is 5.61. The summed E-state index contributed by atoms with van der Waals surface area (Å²) in [5, 5.41) is 0.925. The molecule has 3 aromatic rings. The third-order valence-corrected chi connectivity index (χ3v) is 7.45. The van der Waals surface area contributed by atoms with Crippen molar-refractivity contribution in [3.05, 3.63) is 71.0 Å². The summed E-state index contributed by atoms with van der Waals surface area (Å²) in [6.45, 7) is 6.55. The van der Waals surface area contributed by atoms with Crippen molar-refractivity contribution in [3.8, 4) is 5.75 Å². The Morgan fingerprint density at radius 2 is 1.91 bits per heavy atom. The maximum Gasteiger partial charge on any atom is 0.254 e. The van der Waals surface area contributed by atoms with E-state index in [0.29, 0.717) is 13.0 Å². The Kier molecular flexibility index (Phi) is 8.74. The lowest BCUT2D eigenvalue weighted by Gasteiger charge is -2.39. The molecule has 1 fully saturated rings. The van der Waals surface area contributed by atoms with Crippen molar-refractivity contribution in [2.45, 2.75) is 58.4 Å². The largest absolute Gasteiger partial charge is 0.497 e. The predicted molar refractivity (Wildman–Crippen MR) is 143 cm³/mol. The molecule has 4 rings (SSSR count). The molecule has 186 valence electrons. The number of ether oxygens (including phenoxy) is 1. The molecule has 1 aromatic heterocycles. The first kappa shape index (κ1) is 25.2. The third kappa shape index (κ3) is 6.60. The van der Waals surface area contributed by atoms with E-state index in [-0.39, 0.29) is 11.9 Å². The monoisotopic (exact) mass is 492 g/mol. The first-order chi connectivity index (χ1) is 17.1. The third-order valence-electron chi connectivity index (χ3n) is 6.63. The van der Waals surface area contributed by atoms with Crippen LogP contribution in [0, 0.1) is 0 Å². The van der Waals surface area contributed by atoms with Gasteiger partial charge in [0.05, 0.1) is 7.11 Å². The molecule has 2 heterocycles. The molecule has 2 aromatic carbocycles. The number of benzene rings is 2. The average molecular weight is 493 g/mol. The number of hydrogen-bond acceptors (Lipinski definition) is 6. The van der Waals surface area contributed by atoms with Gasteiger partial charge in [-0.25, -0.2) is 4.98 Å². The van der Waals surface area contributed by atoms with Crippen molar-refractivity contribution in [2.75, 3.05) is 31.6 Å². The van der Waals surface area contributed by atoms with Crippen molar-refractivity contribution in [1.29, 1.82) is 0 Å². The van der Waals surface area contributed by atoms with Gasteiger partial charge in [0.15, 0.2) is 0 Å². The van der Waals surface area contributed by atoms with Crippen LogP contribution in [0.15, 0.2) is 48.5 Å². The van der Waals surface area contributed by atoms with E-state index in [1.807, 2.05) is 35.2 Å². The van der Waals surface area contributed by atoms with Crippen LogP contribution in [0.25, 0.3) is 0 Å². The van der Waals surface area contributed by atoms with E-state index < -0.39 is 0 Å². The highest BCUT2D eigenvalue weighted by Crippen LogP contribution is 2.24. The molecule has 1 amide bonds. The molecule has 0 aliphatic carbocycles. The van der Waals surface area contributed by atoms with Crippen LogP contribution in [0.3, 0.4) is 0 Å². The summed E-state index contributed by atoms with van der Waals surface area (Å²) in [5.74, 6) is 1.78. The van der Waals surface area contributed by atoms with Crippen molar-refractivity contribution in [2.24, 2.45) is 0 Å². The van der Waals surface area contributed by atoms with Crippen molar-refractivity contribution >= 4 is 22.6 Å². The minimum Gasteiger partial charge on any atom is -0.497 e. The van der Waals surface area contributed by atoms with Crippen LogP contribution < -0.4 is 9.64 Å². The van der Waals surface area contributed by atoms with Gasteiger partial charge in [-0.15, -0.1) is 0 Å². The van der Waals surface area contributed by atoms with Crippen molar-refractivity contribution < 1.29 is 9.53 Å². The van der Waals surface area contributed by atoms with Gasteiger partial charge in [0.1, 0.15) is 11.6 Å². The standard InChI is InChI=1S/C28H36N4O2S/c1-4-5-6-7-9-22-12-14-24(15-13-22)27(33)32-17-16-31(20-21(32)2)28-29-26(30-35-28)19-23-10-8-11-25(18-23)34-3/h8,10-15,18,21H,4-7,9,16-17,19-20H2,1-3H3. The van der Waals surface area contributed by atoms with Crippen LogP contribution in [-0.2, 0) is 12.8 Å². The van der Waals surface area contributed by atoms with Gasteiger partial charge in [0.2, 0.25) is 5.13 Å². The number of carbonyl (C=O) groups excluding carboxylic acids is 1. The van der Waals surface area contributed by atoms with Crippen LogP contribution in [0.2, 0.25) is 0 Å². The summed E-state index contributed by atoms with van der Waals surface area (Å²) < 4.78 is 9.89. The van der Waals surface area contributed by atoms with Gasteiger partial charge in [-0.05, 0) is 55.2 Å². The fraction of sp³-hybridized carbons (Fsp3) is 0.464. The summed E-state index contributed by atoms with van der Waals surface area (Å²) in [5.41, 5.74) is 3.22. The smallest absolute Gasteiger partial charge is 0.254 e. The van der Waals surface area contributed by atoms with E-state index in [2.05, 4.69) is 41.3 Å². The second kappa shape index (κ2) is 12.2. The van der Waals surface area contributed by atoms with Crippen LogP contribution in [0.1, 0.15) is 66.8 Å². The van der Waals surface area contributed by atoms with Gasteiger partial charge < -0.3 is 14.5 Å². The molecule has 1 unspecified atom stereocenters. The van der Waals surface area contributed by atoms with E-state index in [1.165, 1.54) is 42.8 Å². The first-order valence-electron chi connectivity index (χ1n) is 12.7. The van der Waals surface area contributed by atoms with E-state index in [9.17, 15) is 4.79 Å². The van der Waals surface area contributed by atoms with Gasteiger partial charge in [0, 0.05) is 49.2 Å². The number of aryl methyl sites for hydroxylation is 1. The molecular formula is C28H36N4O2S. The molecule has 0 radical (unpaired) electrons. The van der Waals surface area contributed by atoms with Gasteiger partial charge in [-0.1, -0.05) is 50.5 Å². The molecule has 1 aliphatic rings. The number of carbonyl (C=O) groups is 1. The molecule has 1 atom stereocenters. The number of hydrogen-bond donors (Lipinski definition) is 0. The molecule has 1 aliphatic heterocycles. The normalized spacial score (nSPS) is 15.9. The Morgan fingerprint density at radius 1 is 1.09 bits per heavy atom. The Balaban J connectivity index is 1.31. The number of anilines is 1. The number of unbranched alkanes of at least 4 members (excludes halogenated alkanes) is 3. The van der Waals surface area contributed by atoms with Crippen molar-refractivity contribution in [3.63, 3.8) is 0 Å². The number of nitrogens with zero attached hydrogens (tertiary/aromatic N) is 4. The lowest BCUT2D eigenvalue weighted by atomic mass is 10.0. The SMILES string of the molecule is CCCCCCc1ccc(C(=O)N2CCN(c3nc(Cc4cccc(OC)c4)ns3)CC2C)cc1. The summed E-state index contributed by atoms with van der Waals surface area (Å²) in [6.07, 6.45) is 6.80. The van der Waals surface area contributed by atoms with Crippen LogP contribution in [0.4, 0.5) is 5.13 Å². The molecule has 35 heavy (non-hydrogen) atoms. The fourth-order valence-electron chi connectivity index (χ4n) is 4.58. The Bertz CT molecular complexity index is 1100. The van der Waals surface area contributed by atoms with E-state index in [0.717, 1.165) is 47.3 Å².